The number of benzene rings is 2. The summed E-state index contributed by atoms with van der Waals surface area (Å²) in [7, 11) is 0. The molecule has 0 radical (unpaired) electrons. The van der Waals surface area contributed by atoms with E-state index >= 15 is 0 Å². The molecule has 20 heavy (non-hydrogen) atoms. The Labute approximate surface area is 120 Å². The number of ether oxygens (including phenoxy) is 1. The molecule has 0 spiro atoms. The summed E-state index contributed by atoms with van der Waals surface area (Å²) in [6, 6.07) is 13.3. The fourth-order valence-corrected chi connectivity index (χ4v) is 3.06. The third-order valence-corrected chi connectivity index (χ3v) is 3.88. The lowest BCUT2D eigenvalue weighted by Crippen LogP contribution is -2.06. The van der Waals surface area contributed by atoms with Gasteiger partial charge in [0.25, 0.3) is 0 Å². The number of aryl methyl sites for hydroxylation is 2. The molecule has 0 bridgehead atoms. The van der Waals surface area contributed by atoms with E-state index in [0.717, 1.165) is 12.2 Å². The summed E-state index contributed by atoms with van der Waals surface area (Å²) >= 11 is 0. The van der Waals surface area contributed by atoms with E-state index in [2.05, 4.69) is 49.5 Å². The van der Waals surface area contributed by atoms with Crippen molar-refractivity contribution in [1.29, 1.82) is 0 Å². The molecule has 1 heterocycles. The Morgan fingerprint density at radius 2 is 2.05 bits per heavy atom. The van der Waals surface area contributed by atoms with Crippen molar-refractivity contribution in [2.75, 3.05) is 11.9 Å². The van der Waals surface area contributed by atoms with Gasteiger partial charge in [-0.05, 0) is 56.0 Å². The third kappa shape index (κ3) is 2.38. The van der Waals surface area contributed by atoms with E-state index < -0.39 is 0 Å². The molecule has 1 atom stereocenters. The first kappa shape index (κ1) is 13.0. The van der Waals surface area contributed by atoms with Gasteiger partial charge >= 0.3 is 0 Å². The molecule has 2 aromatic carbocycles. The lowest BCUT2D eigenvalue weighted by molar-refractivity contribution is 0.339. The van der Waals surface area contributed by atoms with Gasteiger partial charge in [0.2, 0.25) is 0 Å². The zero-order chi connectivity index (χ0) is 14.1. The second-order valence-electron chi connectivity index (χ2n) is 5.52. The van der Waals surface area contributed by atoms with Gasteiger partial charge in [-0.25, -0.2) is 0 Å². The Hall–Kier alpha value is -1.96. The van der Waals surface area contributed by atoms with E-state index in [4.69, 9.17) is 4.74 Å². The van der Waals surface area contributed by atoms with E-state index in [1.165, 1.54) is 27.9 Å². The average Bonchev–Trinajstić information content (AvgIpc) is 2.83. The van der Waals surface area contributed by atoms with Crippen LogP contribution in [0.5, 0.6) is 5.75 Å². The predicted molar refractivity (Wildman–Crippen MR) is 83.6 cm³/mol. The molecule has 104 valence electrons. The van der Waals surface area contributed by atoms with Crippen LogP contribution in [0.3, 0.4) is 0 Å². The molecule has 0 amide bonds. The molecule has 0 aromatic heterocycles. The first-order valence-electron chi connectivity index (χ1n) is 7.27. The Balaban J connectivity index is 1.88. The van der Waals surface area contributed by atoms with Gasteiger partial charge in [-0.3, -0.25) is 0 Å². The first-order valence-corrected chi connectivity index (χ1v) is 7.27. The maximum absolute atomic E-state index is 5.60. The van der Waals surface area contributed by atoms with Crippen molar-refractivity contribution in [3.63, 3.8) is 0 Å². The minimum Gasteiger partial charge on any atom is -0.494 e. The number of hydrogen-bond donors (Lipinski definition) is 1. The zero-order valence-electron chi connectivity index (χ0n) is 12.4. The second-order valence-corrected chi connectivity index (χ2v) is 5.52. The monoisotopic (exact) mass is 267 g/mol. The summed E-state index contributed by atoms with van der Waals surface area (Å²) in [6.45, 7) is 7.07. The average molecular weight is 267 g/mol. The largest absolute Gasteiger partial charge is 0.494 e. The van der Waals surface area contributed by atoms with Gasteiger partial charge in [0.1, 0.15) is 5.75 Å². The van der Waals surface area contributed by atoms with Crippen molar-refractivity contribution >= 4 is 5.69 Å². The molecule has 0 saturated carbocycles. The van der Waals surface area contributed by atoms with E-state index in [-0.39, 0.29) is 0 Å². The van der Waals surface area contributed by atoms with Crippen LogP contribution in [0.4, 0.5) is 5.69 Å². The van der Waals surface area contributed by atoms with Gasteiger partial charge in [-0.1, -0.05) is 29.8 Å². The lowest BCUT2D eigenvalue weighted by Gasteiger charge is -2.14. The normalized spacial score (nSPS) is 16.6. The summed E-state index contributed by atoms with van der Waals surface area (Å²) in [5.41, 5.74) is 6.70. The van der Waals surface area contributed by atoms with Crippen LogP contribution in [0.25, 0.3) is 0 Å². The fraction of sp³-hybridized carbons (Fsp3) is 0.333. The van der Waals surface area contributed by atoms with Crippen molar-refractivity contribution in [2.45, 2.75) is 33.2 Å². The molecular weight excluding hydrogens is 246 g/mol. The highest BCUT2D eigenvalue weighted by molar-refractivity contribution is 5.64. The molecule has 2 nitrogen and oxygen atoms in total. The summed E-state index contributed by atoms with van der Waals surface area (Å²) in [5.74, 6) is 0.954. The van der Waals surface area contributed by atoms with Crippen LogP contribution in [-0.4, -0.2) is 6.61 Å². The van der Waals surface area contributed by atoms with E-state index in [0.29, 0.717) is 12.6 Å². The van der Waals surface area contributed by atoms with Crippen molar-refractivity contribution in [3.05, 3.63) is 58.7 Å². The predicted octanol–water partition coefficient (Wildman–Crippen LogP) is 4.41. The molecular formula is C18H21NO. The standard InChI is InChI=1S/C18H21NO/c1-4-20-16-7-5-6-14(10-16)17-11-15-9-12(2)8-13(3)18(15)19-17/h5-10,17,19H,4,11H2,1-3H3. The fourth-order valence-electron chi connectivity index (χ4n) is 3.06. The number of anilines is 1. The van der Waals surface area contributed by atoms with Gasteiger partial charge < -0.3 is 10.1 Å². The third-order valence-electron chi connectivity index (χ3n) is 3.88. The van der Waals surface area contributed by atoms with E-state index in [9.17, 15) is 0 Å². The maximum atomic E-state index is 5.60. The SMILES string of the molecule is CCOc1cccc(C2Cc3cc(C)cc(C)c3N2)c1. The molecule has 1 unspecified atom stereocenters. The van der Waals surface area contributed by atoms with Crippen molar-refractivity contribution < 1.29 is 4.74 Å². The molecule has 0 fully saturated rings. The van der Waals surface area contributed by atoms with Crippen molar-refractivity contribution in [2.24, 2.45) is 0 Å². The molecule has 1 aliphatic heterocycles. The molecule has 3 rings (SSSR count). The van der Waals surface area contributed by atoms with Crippen LogP contribution >= 0.6 is 0 Å². The Kier molecular flexibility index (Phi) is 3.39. The molecule has 1 aliphatic rings. The number of nitrogens with one attached hydrogen (secondary N) is 1. The number of rotatable bonds is 3. The Morgan fingerprint density at radius 3 is 2.85 bits per heavy atom. The number of fused-ring (bicyclic) bond motifs is 1. The van der Waals surface area contributed by atoms with Crippen LogP contribution in [0.15, 0.2) is 36.4 Å². The number of hydrogen-bond acceptors (Lipinski definition) is 2. The van der Waals surface area contributed by atoms with Gasteiger partial charge in [-0.15, -0.1) is 0 Å². The minimum absolute atomic E-state index is 0.353. The quantitative estimate of drug-likeness (QED) is 0.889. The van der Waals surface area contributed by atoms with Crippen LogP contribution in [0, 0.1) is 13.8 Å². The van der Waals surface area contributed by atoms with Gasteiger partial charge in [0.05, 0.1) is 12.6 Å². The summed E-state index contributed by atoms with van der Waals surface area (Å²) in [6.07, 6.45) is 1.05. The van der Waals surface area contributed by atoms with Crippen molar-refractivity contribution in [3.8, 4) is 5.75 Å². The van der Waals surface area contributed by atoms with Gasteiger partial charge in [0, 0.05) is 5.69 Å². The van der Waals surface area contributed by atoms with Gasteiger partial charge in [0.15, 0.2) is 0 Å². The second kappa shape index (κ2) is 5.20. The van der Waals surface area contributed by atoms with Crippen molar-refractivity contribution in [1.82, 2.24) is 0 Å². The Morgan fingerprint density at radius 1 is 1.20 bits per heavy atom. The minimum atomic E-state index is 0.353. The molecule has 1 N–H and O–H groups in total. The molecule has 0 saturated heterocycles. The molecule has 2 heteroatoms. The molecule has 2 aromatic rings. The van der Waals surface area contributed by atoms with Gasteiger partial charge in [-0.2, -0.15) is 0 Å². The summed E-state index contributed by atoms with van der Waals surface area (Å²) in [4.78, 5) is 0. The molecule has 0 aliphatic carbocycles. The van der Waals surface area contributed by atoms with Crippen LogP contribution in [0.2, 0.25) is 0 Å². The smallest absolute Gasteiger partial charge is 0.119 e. The van der Waals surface area contributed by atoms with E-state index in [1.54, 1.807) is 0 Å². The van der Waals surface area contributed by atoms with Crippen LogP contribution in [0.1, 0.15) is 35.2 Å². The highest BCUT2D eigenvalue weighted by Crippen LogP contribution is 2.37. The summed E-state index contributed by atoms with van der Waals surface area (Å²) in [5, 5.41) is 3.66. The first-order chi connectivity index (χ1) is 9.67. The summed E-state index contributed by atoms with van der Waals surface area (Å²) < 4.78 is 5.60. The highest BCUT2D eigenvalue weighted by Gasteiger charge is 2.23. The topological polar surface area (TPSA) is 21.3 Å². The van der Waals surface area contributed by atoms with Crippen LogP contribution in [-0.2, 0) is 6.42 Å². The van der Waals surface area contributed by atoms with E-state index in [1.807, 2.05) is 13.0 Å². The zero-order valence-corrected chi connectivity index (χ0v) is 12.4. The lowest BCUT2D eigenvalue weighted by atomic mass is 10.0. The Bertz CT molecular complexity index is 633. The highest BCUT2D eigenvalue weighted by atomic mass is 16.5. The van der Waals surface area contributed by atoms with Crippen LogP contribution < -0.4 is 10.1 Å². The maximum Gasteiger partial charge on any atom is 0.119 e.